The van der Waals surface area contributed by atoms with E-state index in [2.05, 4.69) is 35.3 Å². The molecule has 3 amide bonds. The van der Waals surface area contributed by atoms with E-state index >= 15 is 0 Å². The Morgan fingerprint density at radius 1 is 1.03 bits per heavy atom. The van der Waals surface area contributed by atoms with Crippen molar-refractivity contribution in [1.29, 1.82) is 0 Å². The van der Waals surface area contributed by atoms with Gasteiger partial charge in [-0.3, -0.25) is 19.7 Å². The van der Waals surface area contributed by atoms with Gasteiger partial charge in [0.2, 0.25) is 11.8 Å². The van der Waals surface area contributed by atoms with Gasteiger partial charge >= 0.3 is 0 Å². The highest BCUT2D eigenvalue weighted by Crippen LogP contribution is 2.34. The van der Waals surface area contributed by atoms with Crippen LogP contribution >= 0.6 is 0 Å². The molecule has 2 atom stereocenters. The molecule has 170 valence electrons. The SMILES string of the molecule is CC1=CC[C@@H](CN2CCC(c3ccc4c(c3)CN(C3CCC(=O)NC3=O)C4=O)CC2)CC1. The van der Waals surface area contributed by atoms with Crippen molar-refractivity contribution in [2.45, 2.75) is 70.4 Å². The van der Waals surface area contributed by atoms with E-state index in [0.29, 0.717) is 24.4 Å². The van der Waals surface area contributed by atoms with Crippen LogP contribution < -0.4 is 5.32 Å². The number of likely N-dealkylation sites (tertiary alicyclic amines) is 1. The van der Waals surface area contributed by atoms with Gasteiger partial charge < -0.3 is 9.80 Å². The van der Waals surface area contributed by atoms with Crippen molar-refractivity contribution >= 4 is 17.7 Å². The fourth-order valence-electron chi connectivity index (χ4n) is 5.85. The standard InChI is InChI=1S/C26H33N3O3/c1-17-2-4-18(5-3-17)15-28-12-10-19(11-13-28)20-6-7-22-21(14-20)16-29(26(22)32)23-8-9-24(30)27-25(23)31/h2,6-7,14,18-19,23H,3-5,8-13,15-16H2,1H3,(H,27,30,31)/t18-,23?/m1/s1. The van der Waals surface area contributed by atoms with Crippen molar-refractivity contribution in [2.75, 3.05) is 19.6 Å². The zero-order chi connectivity index (χ0) is 22.2. The zero-order valence-corrected chi connectivity index (χ0v) is 18.9. The maximum absolute atomic E-state index is 12.9. The summed E-state index contributed by atoms with van der Waals surface area (Å²) in [5.41, 5.74) is 4.59. The van der Waals surface area contributed by atoms with E-state index in [1.807, 2.05) is 6.07 Å². The number of rotatable bonds is 4. The summed E-state index contributed by atoms with van der Waals surface area (Å²) in [4.78, 5) is 40.9. The molecule has 4 aliphatic rings. The number of carbonyl (C=O) groups excluding carboxylic acids is 3. The summed E-state index contributed by atoms with van der Waals surface area (Å²) >= 11 is 0. The molecule has 3 aliphatic heterocycles. The first-order chi connectivity index (χ1) is 15.5. The fraction of sp³-hybridized carbons (Fsp3) is 0.577. The number of nitrogens with zero attached hydrogens (tertiary/aromatic N) is 2. The second-order valence-electron chi connectivity index (χ2n) is 10.1. The molecule has 2 fully saturated rings. The molecular weight excluding hydrogens is 402 g/mol. The molecule has 3 heterocycles. The highest BCUT2D eigenvalue weighted by atomic mass is 16.2. The molecule has 1 aromatic rings. The predicted octanol–water partition coefficient (Wildman–Crippen LogP) is 3.37. The largest absolute Gasteiger partial charge is 0.322 e. The van der Waals surface area contributed by atoms with Gasteiger partial charge in [0, 0.05) is 25.1 Å². The van der Waals surface area contributed by atoms with Crippen LogP contribution in [0.5, 0.6) is 0 Å². The van der Waals surface area contributed by atoms with E-state index in [4.69, 9.17) is 0 Å². The molecule has 0 saturated carbocycles. The predicted molar refractivity (Wildman–Crippen MR) is 122 cm³/mol. The van der Waals surface area contributed by atoms with Gasteiger partial charge in [-0.1, -0.05) is 23.8 Å². The number of carbonyl (C=O) groups is 3. The third-order valence-electron chi connectivity index (χ3n) is 7.87. The van der Waals surface area contributed by atoms with E-state index in [1.54, 1.807) is 10.5 Å². The summed E-state index contributed by atoms with van der Waals surface area (Å²) in [5.74, 6) is 0.648. The summed E-state index contributed by atoms with van der Waals surface area (Å²) < 4.78 is 0. The molecule has 1 N–H and O–H groups in total. The van der Waals surface area contributed by atoms with Gasteiger partial charge in [-0.2, -0.15) is 0 Å². The quantitative estimate of drug-likeness (QED) is 0.582. The van der Waals surface area contributed by atoms with Crippen LogP contribution in [0.3, 0.4) is 0 Å². The van der Waals surface area contributed by atoms with Crippen LogP contribution in [0.2, 0.25) is 0 Å². The van der Waals surface area contributed by atoms with Crippen molar-refractivity contribution < 1.29 is 14.4 Å². The Morgan fingerprint density at radius 2 is 1.84 bits per heavy atom. The molecular formula is C26H33N3O3. The second-order valence-corrected chi connectivity index (χ2v) is 10.1. The number of benzene rings is 1. The number of amides is 3. The van der Waals surface area contributed by atoms with Crippen molar-refractivity contribution in [1.82, 2.24) is 15.1 Å². The molecule has 1 unspecified atom stereocenters. The van der Waals surface area contributed by atoms with Crippen LogP contribution in [0.15, 0.2) is 29.8 Å². The van der Waals surface area contributed by atoms with Crippen LogP contribution in [0.25, 0.3) is 0 Å². The molecule has 2 saturated heterocycles. The molecule has 0 radical (unpaired) electrons. The van der Waals surface area contributed by atoms with Crippen LogP contribution in [-0.2, 0) is 16.1 Å². The third-order valence-corrected chi connectivity index (χ3v) is 7.87. The molecule has 0 aromatic heterocycles. The van der Waals surface area contributed by atoms with Crippen LogP contribution in [0.1, 0.15) is 79.3 Å². The van der Waals surface area contributed by atoms with E-state index in [0.717, 1.165) is 37.4 Å². The molecule has 6 heteroatoms. The maximum atomic E-state index is 12.9. The molecule has 6 nitrogen and oxygen atoms in total. The van der Waals surface area contributed by atoms with Crippen LogP contribution in [0, 0.1) is 5.92 Å². The number of allylic oxidation sites excluding steroid dienone is 2. The molecule has 32 heavy (non-hydrogen) atoms. The van der Waals surface area contributed by atoms with E-state index < -0.39 is 6.04 Å². The first-order valence-corrected chi connectivity index (χ1v) is 12.1. The third kappa shape index (κ3) is 4.25. The smallest absolute Gasteiger partial charge is 0.255 e. The number of hydrogen-bond donors (Lipinski definition) is 1. The summed E-state index contributed by atoms with van der Waals surface area (Å²) in [7, 11) is 0. The Balaban J connectivity index is 1.19. The van der Waals surface area contributed by atoms with Gasteiger partial charge in [-0.25, -0.2) is 0 Å². The Hall–Kier alpha value is -2.47. The number of nitrogens with one attached hydrogen (secondary N) is 1. The lowest BCUT2D eigenvalue weighted by molar-refractivity contribution is -0.136. The van der Waals surface area contributed by atoms with Crippen molar-refractivity contribution in [2.24, 2.45) is 5.92 Å². The Labute approximate surface area is 190 Å². The molecule has 1 aliphatic carbocycles. The average Bonchev–Trinajstić information content (AvgIpc) is 3.11. The minimum Gasteiger partial charge on any atom is -0.322 e. The number of piperidine rings is 2. The van der Waals surface area contributed by atoms with Crippen LogP contribution in [-0.4, -0.2) is 53.2 Å². The summed E-state index contributed by atoms with van der Waals surface area (Å²) in [5, 5.41) is 2.37. The van der Waals surface area contributed by atoms with Crippen molar-refractivity contribution in [3.05, 3.63) is 46.5 Å². The minimum atomic E-state index is -0.544. The van der Waals surface area contributed by atoms with Gasteiger partial charge in [0.15, 0.2) is 0 Å². The lowest BCUT2D eigenvalue weighted by Crippen LogP contribution is -2.52. The summed E-state index contributed by atoms with van der Waals surface area (Å²) in [6.07, 6.45) is 9.24. The molecule has 5 rings (SSSR count). The fourth-order valence-corrected chi connectivity index (χ4v) is 5.85. The van der Waals surface area contributed by atoms with Gasteiger partial charge in [-0.05, 0) is 87.6 Å². The monoisotopic (exact) mass is 435 g/mol. The first kappa shape index (κ1) is 21.4. The van der Waals surface area contributed by atoms with Crippen LogP contribution in [0.4, 0.5) is 0 Å². The first-order valence-electron chi connectivity index (χ1n) is 12.1. The van der Waals surface area contributed by atoms with E-state index in [9.17, 15) is 14.4 Å². The van der Waals surface area contributed by atoms with E-state index in [-0.39, 0.29) is 24.1 Å². The van der Waals surface area contributed by atoms with Crippen molar-refractivity contribution in [3.8, 4) is 0 Å². The van der Waals surface area contributed by atoms with Crippen molar-refractivity contribution in [3.63, 3.8) is 0 Å². The normalized spacial score (nSPS) is 27.3. The molecule has 0 bridgehead atoms. The minimum absolute atomic E-state index is 0.0902. The highest BCUT2D eigenvalue weighted by Gasteiger charge is 2.39. The number of hydrogen-bond acceptors (Lipinski definition) is 4. The number of fused-ring (bicyclic) bond motifs is 1. The topological polar surface area (TPSA) is 69.7 Å². The van der Waals surface area contributed by atoms with Gasteiger partial charge in [0.05, 0.1) is 0 Å². The lowest BCUT2D eigenvalue weighted by Gasteiger charge is -2.35. The average molecular weight is 436 g/mol. The molecule has 0 spiro atoms. The summed E-state index contributed by atoms with van der Waals surface area (Å²) in [6, 6.07) is 5.70. The summed E-state index contributed by atoms with van der Waals surface area (Å²) in [6.45, 7) is 6.21. The lowest BCUT2D eigenvalue weighted by atomic mass is 9.86. The Morgan fingerprint density at radius 3 is 2.56 bits per heavy atom. The second kappa shape index (κ2) is 8.81. The maximum Gasteiger partial charge on any atom is 0.255 e. The molecule has 1 aromatic carbocycles. The Bertz CT molecular complexity index is 961. The van der Waals surface area contributed by atoms with E-state index in [1.165, 1.54) is 31.4 Å². The van der Waals surface area contributed by atoms with Gasteiger partial charge in [-0.15, -0.1) is 0 Å². The number of imide groups is 1. The Kier molecular flexibility index (Phi) is 5.89. The van der Waals surface area contributed by atoms with Gasteiger partial charge in [0.25, 0.3) is 5.91 Å². The van der Waals surface area contributed by atoms with Gasteiger partial charge in [0.1, 0.15) is 6.04 Å². The zero-order valence-electron chi connectivity index (χ0n) is 18.9. The highest BCUT2D eigenvalue weighted by molar-refractivity contribution is 6.05.